The van der Waals surface area contributed by atoms with Gasteiger partial charge in [0, 0.05) is 6.61 Å². The van der Waals surface area contributed by atoms with Crippen LogP contribution in [0.1, 0.15) is 45.3 Å². The lowest BCUT2D eigenvalue weighted by molar-refractivity contribution is 0.0925. The van der Waals surface area contributed by atoms with E-state index in [-0.39, 0.29) is 6.10 Å². The molecule has 3 heteroatoms. The normalized spacial score (nSPS) is 12.7. The Balaban J connectivity index is 2.19. The summed E-state index contributed by atoms with van der Waals surface area (Å²) in [6.45, 7) is 8.31. The fourth-order valence-corrected chi connectivity index (χ4v) is 1.66. The lowest BCUT2D eigenvalue weighted by Crippen LogP contribution is -2.08. The van der Waals surface area contributed by atoms with Crippen LogP contribution in [0.3, 0.4) is 0 Å². The molecule has 0 radical (unpaired) electrons. The van der Waals surface area contributed by atoms with Crippen molar-refractivity contribution in [2.45, 2.75) is 39.7 Å². The van der Waals surface area contributed by atoms with E-state index in [0.29, 0.717) is 19.1 Å². The molecule has 0 aromatic heterocycles. The molecule has 0 aliphatic heterocycles. The number of benzene rings is 1. The van der Waals surface area contributed by atoms with E-state index in [1.807, 2.05) is 31.2 Å². The Kier molecular flexibility index (Phi) is 7.53. The SMILES string of the molecule is CCC(O)c1ccc(OCCOCCC(C)C)cc1. The molecular weight excluding hydrogens is 240 g/mol. The molecule has 0 fully saturated rings. The van der Waals surface area contributed by atoms with Gasteiger partial charge in [-0.1, -0.05) is 32.9 Å². The summed E-state index contributed by atoms with van der Waals surface area (Å²) < 4.78 is 11.1. The van der Waals surface area contributed by atoms with Crippen molar-refractivity contribution in [2.75, 3.05) is 19.8 Å². The molecule has 1 unspecified atom stereocenters. The van der Waals surface area contributed by atoms with Crippen molar-refractivity contribution < 1.29 is 14.6 Å². The Bertz CT molecular complexity index is 332. The van der Waals surface area contributed by atoms with Crippen LogP contribution in [0.2, 0.25) is 0 Å². The van der Waals surface area contributed by atoms with Crippen molar-refractivity contribution in [1.29, 1.82) is 0 Å². The second-order valence-electron chi connectivity index (χ2n) is 5.14. The third-order valence-corrected chi connectivity index (χ3v) is 2.99. The minimum absolute atomic E-state index is 0.381. The van der Waals surface area contributed by atoms with Gasteiger partial charge >= 0.3 is 0 Å². The van der Waals surface area contributed by atoms with Gasteiger partial charge in [-0.05, 0) is 36.5 Å². The summed E-state index contributed by atoms with van der Waals surface area (Å²) >= 11 is 0. The molecule has 1 aromatic carbocycles. The molecule has 0 heterocycles. The van der Waals surface area contributed by atoms with Gasteiger partial charge in [-0.2, -0.15) is 0 Å². The molecule has 0 amide bonds. The highest BCUT2D eigenvalue weighted by Crippen LogP contribution is 2.19. The van der Waals surface area contributed by atoms with Crippen molar-refractivity contribution >= 4 is 0 Å². The van der Waals surface area contributed by atoms with E-state index in [2.05, 4.69) is 13.8 Å². The summed E-state index contributed by atoms with van der Waals surface area (Å²) in [6.07, 6.45) is 1.43. The quantitative estimate of drug-likeness (QED) is 0.694. The zero-order valence-corrected chi connectivity index (χ0v) is 12.3. The van der Waals surface area contributed by atoms with Crippen molar-refractivity contribution in [2.24, 2.45) is 5.92 Å². The van der Waals surface area contributed by atoms with E-state index in [4.69, 9.17) is 9.47 Å². The average Bonchev–Trinajstić information content (AvgIpc) is 2.42. The van der Waals surface area contributed by atoms with Crippen molar-refractivity contribution in [3.8, 4) is 5.75 Å². The summed E-state index contributed by atoms with van der Waals surface area (Å²) in [5, 5.41) is 9.68. The fourth-order valence-electron chi connectivity index (χ4n) is 1.66. The second-order valence-corrected chi connectivity index (χ2v) is 5.14. The van der Waals surface area contributed by atoms with Crippen molar-refractivity contribution in [3.05, 3.63) is 29.8 Å². The summed E-state index contributed by atoms with van der Waals surface area (Å²) in [7, 11) is 0. The highest BCUT2D eigenvalue weighted by molar-refractivity contribution is 5.28. The predicted octanol–water partition coefficient (Wildman–Crippen LogP) is 3.57. The van der Waals surface area contributed by atoms with Gasteiger partial charge in [-0.3, -0.25) is 0 Å². The summed E-state index contributed by atoms with van der Waals surface area (Å²) in [6, 6.07) is 7.59. The van der Waals surface area contributed by atoms with Crippen LogP contribution in [0.15, 0.2) is 24.3 Å². The third kappa shape index (κ3) is 6.60. The number of hydrogen-bond acceptors (Lipinski definition) is 3. The van der Waals surface area contributed by atoms with E-state index >= 15 is 0 Å². The lowest BCUT2D eigenvalue weighted by atomic mass is 10.1. The largest absolute Gasteiger partial charge is 0.491 e. The molecule has 0 spiro atoms. The number of hydrogen-bond donors (Lipinski definition) is 1. The molecule has 0 saturated heterocycles. The molecule has 0 aliphatic carbocycles. The molecule has 0 aliphatic rings. The van der Waals surface area contributed by atoms with Crippen molar-refractivity contribution in [3.63, 3.8) is 0 Å². The molecule has 1 atom stereocenters. The summed E-state index contributed by atoms with van der Waals surface area (Å²) in [4.78, 5) is 0. The van der Waals surface area contributed by atoms with E-state index in [1.165, 1.54) is 0 Å². The topological polar surface area (TPSA) is 38.7 Å². The maximum atomic E-state index is 9.68. The second kappa shape index (κ2) is 8.94. The lowest BCUT2D eigenvalue weighted by Gasteiger charge is -2.10. The zero-order chi connectivity index (χ0) is 14.1. The van der Waals surface area contributed by atoms with Crippen molar-refractivity contribution in [1.82, 2.24) is 0 Å². The highest BCUT2D eigenvalue weighted by atomic mass is 16.5. The first kappa shape index (κ1) is 16.0. The molecule has 1 aromatic rings. The van der Waals surface area contributed by atoms with Crippen LogP contribution in [0.25, 0.3) is 0 Å². The fraction of sp³-hybridized carbons (Fsp3) is 0.625. The smallest absolute Gasteiger partial charge is 0.119 e. The minimum atomic E-state index is -0.381. The van der Waals surface area contributed by atoms with Crippen LogP contribution in [0.5, 0.6) is 5.75 Å². The van der Waals surface area contributed by atoms with Gasteiger partial charge in [-0.15, -0.1) is 0 Å². The van der Waals surface area contributed by atoms with Crippen LogP contribution in [-0.4, -0.2) is 24.9 Å². The van der Waals surface area contributed by atoms with Gasteiger partial charge in [0.25, 0.3) is 0 Å². The third-order valence-electron chi connectivity index (χ3n) is 2.99. The van der Waals surface area contributed by atoms with E-state index in [0.717, 1.165) is 30.8 Å². The molecule has 108 valence electrons. The summed E-state index contributed by atoms with van der Waals surface area (Å²) in [5.41, 5.74) is 0.933. The molecule has 19 heavy (non-hydrogen) atoms. The van der Waals surface area contributed by atoms with E-state index < -0.39 is 0 Å². The average molecular weight is 266 g/mol. The number of rotatable bonds is 9. The van der Waals surface area contributed by atoms with E-state index in [9.17, 15) is 5.11 Å². The number of aliphatic hydroxyl groups excluding tert-OH is 1. The maximum absolute atomic E-state index is 9.68. The maximum Gasteiger partial charge on any atom is 0.119 e. The number of aliphatic hydroxyl groups is 1. The Morgan fingerprint density at radius 3 is 2.32 bits per heavy atom. The molecule has 0 saturated carbocycles. The molecule has 3 nitrogen and oxygen atoms in total. The Hall–Kier alpha value is -1.06. The molecular formula is C16H26O3. The first-order chi connectivity index (χ1) is 9.13. The van der Waals surface area contributed by atoms with Gasteiger partial charge in [-0.25, -0.2) is 0 Å². The first-order valence-corrected chi connectivity index (χ1v) is 7.12. The first-order valence-electron chi connectivity index (χ1n) is 7.12. The summed E-state index contributed by atoms with van der Waals surface area (Å²) in [5.74, 6) is 1.50. The van der Waals surface area contributed by atoms with Crippen LogP contribution in [0.4, 0.5) is 0 Å². The molecule has 1 rings (SSSR count). The Morgan fingerprint density at radius 1 is 1.05 bits per heavy atom. The van der Waals surface area contributed by atoms with Gasteiger partial charge in [0.15, 0.2) is 0 Å². The van der Waals surface area contributed by atoms with E-state index in [1.54, 1.807) is 0 Å². The van der Waals surface area contributed by atoms with Gasteiger partial charge in [0.1, 0.15) is 12.4 Å². The van der Waals surface area contributed by atoms with Crippen LogP contribution in [0, 0.1) is 5.92 Å². The zero-order valence-electron chi connectivity index (χ0n) is 12.3. The Morgan fingerprint density at radius 2 is 1.74 bits per heavy atom. The molecule has 1 N–H and O–H groups in total. The molecule has 0 bridgehead atoms. The number of ether oxygens (including phenoxy) is 2. The van der Waals surface area contributed by atoms with Gasteiger partial charge < -0.3 is 14.6 Å². The van der Waals surface area contributed by atoms with Gasteiger partial charge in [0.2, 0.25) is 0 Å². The van der Waals surface area contributed by atoms with Crippen LogP contribution in [-0.2, 0) is 4.74 Å². The minimum Gasteiger partial charge on any atom is -0.491 e. The van der Waals surface area contributed by atoms with Gasteiger partial charge in [0.05, 0.1) is 12.7 Å². The highest BCUT2D eigenvalue weighted by Gasteiger charge is 2.04. The predicted molar refractivity (Wildman–Crippen MR) is 77.5 cm³/mol. The van der Waals surface area contributed by atoms with Crippen LogP contribution < -0.4 is 4.74 Å². The standard InChI is InChI=1S/C16H26O3/c1-4-16(17)14-5-7-15(8-6-14)19-12-11-18-10-9-13(2)3/h5-8,13,16-17H,4,9-12H2,1-3H3. The monoisotopic (exact) mass is 266 g/mol. The Labute approximate surface area is 116 Å². The van der Waals surface area contributed by atoms with Crippen LogP contribution >= 0.6 is 0 Å².